The zero-order valence-electron chi connectivity index (χ0n) is 11.5. The number of phenolic OH excluding ortho intramolecular Hbond substituents is 1. The van der Waals surface area contributed by atoms with Gasteiger partial charge in [0.25, 0.3) is 5.91 Å². The Labute approximate surface area is 123 Å². The molecule has 2 atom stereocenters. The Morgan fingerprint density at radius 1 is 1.14 bits per heavy atom. The van der Waals surface area contributed by atoms with Gasteiger partial charge >= 0.3 is 0 Å². The van der Waals surface area contributed by atoms with Crippen LogP contribution in [0.2, 0.25) is 0 Å². The van der Waals surface area contributed by atoms with Crippen LogP contribution in [0.3, 0.4) is 0 Å². The van der Waals surface area contributed by atoms with Crippen molar-refractivity contribution in [2.45, 2.75) is 0 Å². The van der Waals surface area contributed by atoms with E-state index in [0.717, 1.165) is 21.9 Å². The molecule has 1 N–H and O–H groups in total. The van der Waals surface area contributed by atoms with Crippen LogP contribution < -0.4 is 0 Å². The minimum Gasteiger partial charge on any atom is -0.505 e. The first-order chi connectivity index (χ1) is 10.3. The summed E-state index contributed by atoms with van der Waals surface area (Å²) in [6, 6.07) is 1.85. The van der Waals surface area contributed by atoms with E-state index in [0.29, 0.717) is 0 Å². The fraction of sp³-hybridized carbons (Fsp3) is 0.357. The van der Waals surface area contributed by atoms with Crippen molar-refractivity contribution < 1.29 is 28.3 Å². The molecule has 2 heterocycles. The van der Waals surface area contributed by atoms with Crippen molar-refractivity contribution >= 4 is 17.7 Å². The zero-order chi connectivity index (χ0) is 16.2. The van der Waals surface area contributed by atoms with Gasteiger partial charge in [-0.1, -0.05) is 0 Å². The number of hydrogen-bond donors (Lipinski definition) is 1. The third-order valence-corrected chi connectivity index (χ3v) is 4.19. The number of imide groups is 1. The second-order valence-corrected chi connectivity index (χ2v) is 5.42. The van der Waals surface area contributed by atoms with Gasteiger partial charge in [0.05, 0.1) is 17.4 Å². The second-order valence-electron chi connectivity index (χ2n) is 5.42. The number of aromatic hydroxyl groups is 1. The molecule has 8 heteroatoms. The van der Waals surface area contributed by atoms with Crippen molar-refractivity contribution in [1.29, 1.82) is 0 Å². The summed E-state index contributed by atoms with van der Waals surface area (Å²) in [4.78, 5) is 38.2. The molecular weight excluding hydrogens is 298 g/mol. The summed E-state index contributed by atoms with van der Waals surface area (Å²) < 4.78 is 27.1. The van der Waals surface area contributed by atoms with Gasteiger partial charge in [0.2, 0.25) is 17.6 Å². The molecule has 1 aromatic carbocycles. The molecule has 3 rings (SSSR count). The highest BCUT2D eigenvalue weighted by Crippen LogP contribution is 2.33. The molecule has 0 radical (unpaired) electrons. The van der Waals surface area contributed by atoms with E-state index in [-0.39, 0.29) is 24.9 Å². The van der Waals surface area contributed by atoms with Gasteiger partial charge in [0, 0.05) is 20.1 Å². The molecule has 1 aromatic rings. The number of rotatable bonds is 1. The molecule has 0 unspecified atom stereocenters. The fourth-order valence-electron chi connectivity index (χ4n) is 2.95. The van der Waals surface area contributed by atoms with Crippen LogP contribution in [0.15, 0.2) is 12.1 Å². The Morgan fingerprint density at radius 3 is 2.23 bits per heavy atom. The number of carbonyl (C=O) groups excluding carboxylic acids is 3. The summed E-state index contributed by atoms with van der Waals surface area (Å²) in [5.74, 6) is -6.66. The predicted octanol–water partition coefficient (Wildman–Crippen LogP) is 0.357. The molecule has 0 aromatic heterocycles. The highest BCUT2D eigenvalue weighted by atomic mass is 19.2. The van der Waals surface area contributed by atoms with Crippen LogP contribution in [0, 0.1) is 23.5 Å². The first-order valence-corrected chi connectivity index (χ1v) is 6.60. The number of benzene rings is 1. The lowest BCUT2D eigenvalue weighted by atomic mass is 10.00. The maximum Gasteiger partial charge on any atom is 0.256 e. The SMILES string of the molecule is CN1C(=O)[C@H]2CN(C(=O)c3ccc(O)c(F)c3F)C[C@H]2C1=O. The first kappa shape index (κ1) is 14.4. The van der Waals surface area contributed by atoms with Crippen molar-refractivity contribution in [2.75, 3.05) is 20.1 Å². The van der Waals surface area contributed by atoms with Gasteiger partial charge in [0.15, 0.2) is 11.6 Å². The molecule has 22 heavy (non-hydrogen) atoms. The van der Waals surface area contributed by atoms with Crippen LogP contribution in [-0.2, 0) is 9.59 Å². The number of amides is 3. The van der Waals surface area contributed by atoms with E-state index in [1.165, 1.54) is 7.05 Å². The summed E-state index contributed by atoms with van der Waals surface area (Å²) in [5.41, 5.74) is -0.538. The van der Waals surface area contributed by atoms with Crippen LogP contribution in [-0.4, -0.2) is 52.8 Å². The molecule has 2 aliphatic rings. The fourth-order valence-corrected chi connectivity index (χ4v) is 2.95. The maximum atomic E-state index is 13.7. The lowest BCUT2D eigenvalue weighted by Crippen LogP contribution is -2.36. The number of likely N-dealkylation sites (tertiary alicyclic amines) is 2. The number of halogens is 2. The van der Waals surface area contributed by atoms with Crippen LogP contribution in [0.4, 0.5) is 8.78 Å². The van der Waals surface area contributed by atoms with Crippen LogP contribution >= 0.6 is 0 Å². The van der Waals surface area contributed by atoms with E-state index in [9.17, 15) is 23.2 Å². The van der Waals surface area contributed by atoms with E-state index in [1.54, 1.807) is 0 Å². The number of phenols is 1. The second kappa shape index (κ2) is 4.75. The number of carbonyl (C=O) groups is 3. The van der Waals surface area contributed by atoms with E-state index < -0.39 is 40.7 Å². The average molecular weight is 310 g/mol. The standard InChI is InChI=1S/C14H12F2N2O4/c1-17-12(20)7-4-18(5-8(7)13(17)21)14(22)6-2-3-9(19)11(16)10(6)15/h2-3,7-8,19H,4-5H2,1H3/t7-,8+. The minimum atomic E-state index is -1.50. The number of nitrogens with zero attached hydrogens (tertiary/aromatic N) is 2. The Bertz CT molecular complexity index is 682. The molecule has 0 bridgehead atoms. The molecule has 6 nitrogen and oxygen atoms in total. The van der Waals surface area contributed by atoms with E-state index in [4.69, 9.17) is 5.11 Å². The minimum absolute atomic E-state index is 0.0135. The highest BCUT2D eigenvalue weighted by Gasteiger charge is 2.52. The van der Waals surface area contributed by atoms with Crippen molar-refractivity contribution in [3.05, 3.63) is 29.3 Å². The van der Waals surface area contributed by atoms with Crippen molar-refractivity contribution in [2.24, 2.45) is 11.8 Å². The summed E-state index contributed by atoms with van der Waals surface area (Å²) in [7, 11) is 1.38. The Morgan fingerprint density at radius 2 is 1.68 bits per heavy atom. The van der Waals surface area contributed by atoms with Gasteiger partial charge in [-0.3, -0.25) is 19.3 Å². The summed E-state index contributed by atoms with van der Waals surface area (Å²) in [5, 5.41) is 9.07. The third kappa shape index (κ3) is 1.87. The Kier molecular flexibility index (Phi) is 3.12. The van der Waals surface area contributed by atoms with Gasteiger partial charge < -0.3 is 10.0 Å². The van der Waals surface area contributed by atoms with Crippen molar-refractivity contribution in [3.8, 4) is 5.75 Å². The van der Waals surface area contributed by atoms with E-state index >= 15 is 0 Å². The van der Waals surface area contributed by atoms with Crippen LogP contribution in [0.5, 0.6) is 5.75 Å². The molecule has 0 saturated carbocycles. The quantitative estimate of drug-likeness (QED) is 0.760. The molecular formula is C14H12F2N2O4. The Hall–Kier alpha value is -2.51. The number of fused-ring (bicyclic) bond motifs is 1. The summed E-state index contributed by atoms with van der Waals surface area (Å²) >= 11 is 0. The lowest BCUT2D eigenvalue weighted by Gasteiger charge is -2.19. The normalized spacial score (nSPS) is 24.1. The predicted molar refractivity (Wildman–Crippen MR) is 68.7 cm³/mol. The van der Waals surface area contributed by atoms with Gasteiger partial charge in [0.1, 0.15) is 0 Å². The van der Waals surface area contributed by atoms with Crippen molar-refractivity contribution in [1.82, 2.24) is 9.80 Å². The largest absolute Gasteiger partial charge is 0.505 e. The molecule has 2 saturated heterocycles. The average Bonchev–Trinajstić information content (AvgIpc) is 3.01. The van der Waals surface area contributed by atoms with Crippen molar-refractivity contribution in [3.63, 3.8) is 0 Å². The molecule has 2 aliphatic heterocycles. The van der Waals surface area contributed by atoms with Crippen LogP contribution in [0.25, 0.3) is 0 Å². The topological polar surface area (TPSA) is 77.9 Å². The molecule has 3 amide bonds. The monoisotopic (exact) mass is 310 g/mol. The van der Waals surface area contributed by atoms with Crippen LogP contribution in [0.1, 0.15) is 10.4 Å². The van der Waals surface area contributed by atoms with E-state index in [1.807, 2.05) is 0 Å². The zero-order valence-corrected chi connectivity index (χ0v) is 11.5. The Balaban J connectivity index is 1.86. The van der Waals surface area contributed by atoms with Gasteiger partial charge in [-0.25, -0.2) is 4.39 Å². The highest BCUT2D eigenvalue weighted by molar-refractivity contribution is 6.06. The smallest absolute Gasteiger partial charge is 0.256 e. The number of hydrogen-bond acceptors (Lipinski definition) is 4. The molecule has 0 spiro atoms. The third-order valence-electron chi connectivity index (χ3n) is 4.19. The summed E-state index contributed by atoms with van der Waals surface area (Å²) in [6.45, 7) is -0.0271. The van der Waals surface area contributed by atoms with Gasteiger partial charge in [-0.05, 0) is 12.1 Å². The molecule has 0 aliphatic carbocycles. The maximum absolute atomic E-state index is 13.7. The lowest BCUT2D eigenvalue weighted by molar-refractivity contribution is -0.138. The molecule has 116 valence electrons. The summed E-state index contributed by atoms with van der Waals surface area (Å²) in [6.07, 6.45) is 0. The van der Waals surface area contributed by atoms with Gasteiger partial charge in [-0.2, -0.15) is 4.39 Å². The molecule has 2 fully saturated rings. The van der Waals surface area contributed by atoms with Gasteiger partial charge in [-0.15, -0.1) is 0 Å². The van der Waals surface area contributed by atoms with E-state index in [2.05, 4.69) is 0 Å². The first-order valence-electron chi connectivity index (χ1n) is 6.60.